The van der Waals surface area contributed by atoms with Gasteiger partial charge in [-0.05, 0) is 48.4 Å². The Labute approximate surface area is 211 Å². The summed E-state index contributed by atoms with van der Waals surface area (Å²) in [4.78, 5) is 0. The Kier molecular flexibility index (Phi) is 6.02. The van der Waals surface area contributed by atoms with Crippen LogP contribution in [0.15, 0.2) is 79.1 Å². The molecule has 1 unspecified atom stereocenters. The summed E-state index contributed by atoms with van der Waals surface area (Å²) in [6.07, 6.45) is 3.27. The van der Waals surface area contributed by atoms with E-state index in [1.165, 1.54) is 4.68 Å². The van der Waals surface area contributed by atoms with E-state index in [0.717, 1.165) is 11.3 Å². The molecule has 8 nitrogen and oxygen atoms in total. The molecule has 10 heteroatoms. The molecule has 2 heterocycles. The normalized spacial score (nSPS) is 12.9. The number of hydrogen-bond donors (Lipinski definition) is 1. The molecule has 1 N–H and O–H groups in total. The second-order valence-electron chi connectivity index (χ2n) is 7.92. The van der Waals surface area contributed by atoms with Gasteiger partial charge in [0.2, 0.25) is 0 Å². The third-order valence-corrected chi connectivity index (χ3v) is 6.20. The van der Waals surface area contributed by atoms with Crippen LogP contribution in [0.1, 0.15) is 22.5 Å². The highest BCUT2D eigenvalue weighted by Crippen LogP contribution is 2.35. The summed E-state index contributed by atoms with van der Waals surface area (Å²) in [5, 5.41) is 30.3. The Morgan fingerprint density at radius 3 is 2.00 bits per heavy atom. The summed E-state index contributed by atoms with van der Waals surface area (Å²) in [5.74, 6) is 0.552. The number of aromatic nitrogens is 6. The number of ether oxygens (including phenoxy) is 1. The van der Waals surface area contributed by atoms with E-state index in [0.29, 0.717) is 27.0 Å². The molecule has 1 atom stereocenters. The summed E-state index contributed by atoms with van der Waals surface area (Å²) in [6, 6.07) is 19.8. The van der Waals surface area contributed by atoms with Crippen LogP contribution >= 0.6 is 23.2 Å². The van der Waals surface area contributed by atoms with Crippen LogP contribution in [0, 0.1) is 6.92 Å². The fourth-order valence-corrected chi connectivity index (χ4v) is 4.21. The number of aryl methyl sites for hydroxylation is 1. The molecule has 0 aliphatic heterocycles. The molecule has 5 rings (SSSR count). The first-order chi connectivity index (χ1) is 16.9. The van der Waals surface area contributed by atoms with Crippen molar-refractivity contribution in [3.8, 4) is 17.1 Å². The van der Waals surface area contributed by atoms with Crippen LogP contribution in [-0.4, -0.2) is 42.2 Å². The molecular formula is C25H20Cl2N6O2. The minimum atomic E-state index is -1.74. The van der Waals surface area contributed by atoms with Crippen LogP contribution in [0.25, 0.3) is 11.4 Å². The number of aliphatic hydroxyl groups is 1. The van der Waals surface area contributed by atoms with Crippen molar-refractivity contribution < 1.29 is 9.84 Å². The molecule has 2 aromatic heterocycles. The van der Waals surface area contributed by atoms with Crippen molar-refractivity contribution in [3.63, 3.8) is 0 Å². The lowest BCUT2D eigenvalue weighted by molar-refractivity contribution is 0.116. The maximum Gasteiger partial charge on any atom is 0.181 e. The SMILES string of the molecule is COc1ccc(Cl)cc1-n1cc(C(O)(c2ccccc2)c2cn(-c3cc(Cl)ccc3C)nn2)nn1. The van der Waals surface area contributed by atoms with Gasteiger partial charge in [-0.1, -0.05) is 70.0 Å². The van der Waals surface area contributed by atoms with Crippen molar-refractivity contribution in [1.29, 1.82) is 0 Å². The highest BCUT2D eigenvalue weighted by atomic mass is 35.5. The smallest absolute Gasteiger partial charge is 0.181 e. The standard InChI is InChI=1S/C25H20Cl2N6O2/c1-16-8-9-18(26)12-20(16)32-14-23(28-30-32)25(34,17-6-4-3-5-7-17)24-15-33(31-29-24)21-13-19(27)10-11-22(21)35-2/h3-15,34H,1-2H3. The first-order valence-electron chi connectivity index (χ1n) is 10.6. The van der Waals surface area contributed by atoms with Crippen molar-refractivity contribution >= 4 is 23.2 Å². The van der Waals surface area contributed by atoms with E-state index in [1.807, 2.05) is 31.2 Å². The molecule has 0 saturated carbocycles. The third-order valence-electron chi connectivity index (χ3n) is 5.73. The van der Waals surface area contributed by atoms with Crippen molar-refractivity contribution in [3.05, 3.63) is 112 Å². The fraction of sp³-hybridized carbons (Fsp3) is 0.120. The van der Waals surface area contributed by atoms with E-state index in [-0.39, 0.29) is 11.4 Å². The first-order valence-corrected chi connectivity index (χ1v) is 11.4. The molecule has 0 fully saturated rings. The van der Waals surface area contributed by atoms with E-state index in [2.05, 4.69) is 20.6 Å². The minimum Gasteiger partial charge on any atom is -0.494 e. The molecule has 35 heavy (non-hydrogen) atoms. The Hall–Kier alpha value is -3.72. The summed E-state index contributed by atoms with van der Waals surface area (Å²) in [7, 11) is 1.56. The molecule has 0 aliphatic rings. The number of hydrogen-bond acceptors (Lipinski definition) is 6. The van der Waals surface area contributed by atoms with Gasteiger partial charge in [-0.15, -0.1) is 10.2 Å². The van der Waals surface area contributed by atoms with Gasteiger partial charge >= 0.3 is 0 Å². The monoisotopic (exact) mass is 506 g/mol. The molecule has 0 aliphatic carbocycles. The average Bonchev–Trinajstić information content (AvgIpc) is 3.57. The largest absolute Gasteiger partial charge is 0.494 e. The summed E-state index contributed by atoms with van der Waals surface area (Å²) >= 11 is 12.4. The van der Waals surface area contributed by atoms with Gasteiger partial charge < -0.3 is 9.84 Å². The van der Waals surface area contributed by atoms with Gasteiger partial charge in [-0.2, -0.15) is 0 Å². The second-order valence-corrected chi connectivity index (χ2v) is 8.79. The lowest BCUT2D eigenvalue weighted by Crippen LogP contribution is -2.30. The fourth-order valence-electron chi connectivity index (χ4n) is 3.87. The number of halogens is 2. The van der Waals surface area contributed by atoms with Crippen molar-refractivity contribution in [1.82, 2.24) is 30.0 Å². The van der Waals surface area contributed by atoms with Gasteiger partial charge in [0, 0.05) is 10.0 Å². The summed E-state index contributed by atoms with van der Waals surface area (Å²) in [6.45, 7) is 1.94. The molecule has 0 spiro atoms. The van der Waals surface area contributed by atoms with Crippen LogP contribution in [0.4, 0.5) is 0 Å². The Morgan fingerprint density at radius 2 is 1.37 bits per heavy atom. The minimum absolute atomic E-state index is 0.251. The number of nitrogens with zero attached hydrogens (tertiary/aromatic N) is 6. The zero-order valence-corrected chi connectivity index (χ0v) is 20.3. The zero-order valence-electron chi connectivity index (χ0n) is 18.8. The predicted octanol–water partition coefficient (Wildman–Crippen LogP) is 4.76. The van der Waals surface area contributed by atoms with Crippen LogP contribution in [0.5, 0.6) is 5.75 Å². The van der Waals surface area contributed by atoms with Crippen LogP contribution in [-0.2, 0) is 5.60 Å². The molecule has 3 aromatic carbocycles. The molecular weight excluding hydrogens is 487 g/mol. The first kappa shape index (κ1) is 23.0. The van der Waals surface area contributed by atoms with Gasteiger partial charge in [0.15, 0.2) is 5.60 Å². The van der Waals surface area contributed by atoms with Gasteiger partial charge in [0.25, 0.3) is 0 Å². The maximum absolute atomic E-state index is 12.1. The van der Waals surface area contributed by atoms with Gasteiger partial charge in [-0.3, -0.25) is 0 Å². The summed E-state index contributed by atoms with van der Waals surface area (Å²) in [5.41, 5.74) is 1.61. The number of rotatable bonds is 6. The molecule has 0 amide bonds. The van der Waals surface area contributed by atoms with E-state index in [1.54, 1.807) is 66.6 Å². The van der Waals surface area contributed by atoms with Crippen molar-refractivity contribution in [2.75, 3.05) is 7.11 Å². The quantitative estimate of drug-likeness (QED) is 0.357. The molecule has 0 bridgehead atoms. The van der Waals surface area contributed by atoms with E-state index < -0.39 is 5.60 Å². The van der Waals surface area contributed by atoms with Crippen LogP contribution < -0.4 is 4.74 Å². The Bertz CT molecular complexity index is 1500. The Balaban J connectivity index is 1.65. The molecule has 0 radical (unpaired) electrons. The maximum atomic E-state index is 12.1. The van der Waals surface area contributed by atoms with Crippen molar-refractivity contribution in [2.24, 2.45) is 0 Å². The second kappa shape index (κ2) is 9.14. The lowest BCUT2D eigenvalue weighted by Gasteiger charge is -2.23. The van der Waals surface area contributed by atoms with E-state index >= 15 is 0 Å². The number of benzene rings is 3. The molecule has 5 aromatic rings. The number of methoxy groups -OCH3 is 1. The topological polar surface area (TPSA) is 90.9 Å². The van der Waals surface area contributed by atoms with Crippen molar-refractivity contribution in [2.45, 2.75) is 12.5 Å². The summed E-state index contributed by atoms with van der Waals surface area (Å²) < 4.78 is 8.52. The molecule has 0 saturated heterocycles. The van der Waals surface area contributed by atoms with Crippen LogP contribution in [0.2, 0.25) is 10.0 Å². The van der Waals surface area contributed by atoms with Gasteiger partial charge in [-0.25, -0.2) is 9.36 Å². The zero-order chi connectivity index (χ0) is 24.6. The highest BCUT2D eigenvalue weighted by Gasteiger charge is 2.40. The van der Waals surface area contributed by atoms with Crippen LogP contribution in [0.3, 0.4) is 0 Å². The lowest BCUT2D eigenvalue weighted by atomic mass is 9.88. The average molecular weight is 507 g/mol. The van der Waals surface area contributed by atoms with Gasteiger partial charge in [0.1, 0.15) is 22.8 Å². The third kappa shape index (κ3) is 4.16. The van der Waals surface area contributed by atoms with Gasteiger partial charge in [0.05, 0.1) is 25.2 Å². The van der Waals surface area contributed by atoms with E-state index in [9.17, 15) is 5.11 Å². The highest BCUT2D eigenvalue weighted by molar-refractivity contribution is 6.31. The Morgan fingerprint density at radius 1 is 0.800 bits per heavy atom. The predicted molar refractivity (Wildman–Crippen MR) is 133 cm³/mol. The van der Waals surface area contributed by atoms with E-state index in [4.69, 9.17) is 27.9 Å². The molecule has 176 valence electrons.